The van der Waals surface area contributed by atoms with Crippen molar-refractivity contribution in [3.8, 4) is 0 Å². The van der Waals surface area contributed by atoms with Crippen LogP contribution in [0.2, 0.25) is 0 Å². The van der Waals surface area contributed by atoms with Crippen LogP contribution in [0.4, 0.5) is 0 Å². The zero-order chi connectivity index (χ0) is 12.7. The summed E-state index contributed by atoms with van der Waals surface area (Å²) in [5, 5.41) is 7.52. The second-order valence-corrected chi connectivity index (χ2v) is 5.82. The summed E-state index contributed by atoms with van der Waals surface area (Å²) in [5.41, 5.74) is 2.36. The fourth-order valence-electron chi connectivity index (χ4n) is 3.68. The molecule has 0 aliphatic carbocycles. The molecule has 0 spiro atoms. The van der Waals surface area contributed by atoms with E-state index in [9.17, 15) is 0 Å². The number of fused-ring (bicyclic) bond motifs is 2. The van der Waals surface area contributed by atoms with Gasteiger partial charge in [0.05, 0.1) is 5.69 Å². The average Bonchev–Trinajstić information content (AvgIpc) is 2.80. The zero-order valence-electron chi connectivity index (χ0n) is 11.6. The lowest BCUT2D eigenvalue weighted by molar-refractivity contribution is 0.111. The van der Waals surface area contributed by atoms with Gasteiger partial charge in [0.15, 0.2) is 0 Å². The molecule has 4 nitrogen and oxygen atoms in total. The molecule has 2 atom stereocenters. The van der Waals surface area contributed by atoms with Gasteiger partial charge in [-0.3, -0.25) is 4.90 Å². The molecule has 2 aliphatic heterocycles. The maximum Gasteiger partial charge on any atom is 0.138 e. The maximum atomic E-state index is 5.28. The van der Waals surface area contributed by atoms with Gasteiger partial charge in [-0.05, 0) is 46.6 Å². The Hall–Kier alpha value is -0.870. The van der Waals surface area contributed by atoms with Crippen LogP contribution in [0, 0.1) is 13.8 Å². The molecular formula is C14H23N3O. The quantitative estimate of drug-likeness (QED) is 0.889. The predicted octanol–water partition coefficient (Wildman–Crippen LogP) is 2.01. The first-order valence-corrected chi connectivity index (χ1v) is 7.03. The normalized spacial score (nSPS) is 32.1. The molecule has 3 heterocycles. The number of aryl methyl sites for hydroxylation is 2. The third kappa shape index (κ3) is 1.97. The maximum absolute atomic E-state index is 5.28. The molecule has 100 valence electrons. The minimum atomic E-state index is 0.711. The standard InChI is InChI=1S/C14H23N3O/c1-9-14(10(2)18-16-9)8-17-12-4-5-13(17)7-11(6-12)15-3/h11-13,15H,4-8H2,1-3H3. The lowest BCUT2D eigenvalue weighted by atomic mass is 9.96. The summed E-state index contributed by atoms with van der Waals surface area (Å²) in [6, 6.07) is 2.20. The van der Waals surface area contributed by atoms with E-state index < -0.39 is 0 Å². The molecule has 0 amide bonds. The van der Waals surface area contributed by atoms with Gasteiger partial charge in [-0.15, -0.1) is 0 Å². The Morgan fingerprint density at radius 1 is 1.28 bits per heavy atom. The van der Waals surface area contributed by atoms with Crippen molar-refractivity contribution in [2.24, 2.45) is 0 Å². The molecule has 2 bridgehead atoms. The second-order valence-electron chi connectivity index (χ2n) is 5.82. The van der Waals surface area contributed by atoms with Crippen LogP contribution in [0.5, 0.6) is 0 Å². The van der Waals surface area contributed by atoms with E-state index in [4.69, 9.17) is 4.52 Å². The van der Waals surface area contributed by atoms with E-state index in [2.05, 4.69) is 22.4 Å². The van der Waals surface area contributed by atoms with E-state index in [-0.39, 0.29) is 0 Å². The first-order valence-electron chi connectivity index (χ1n) is 7.03. The number of aromatic nitrogens is 1. The molecule has 2 fully saturated rings. The van der Waals surface area contributed by atoms with Crippen molar-refractivity contribution in [1.82, 2.24) is 15.4 Å². The molecule has 1 aromatic rings. The van der Waals surface area contributed by atoms with Gasteiger partial charge < -0.3 is 9.84 Å². The molecule has 4 heteroatoms. The Labute approximate surface area is 109 Å². The van der Waals surface area contributed by atoms with Gasteiger partial charge in [-0.1, -0.05) is 5.16 Å². The third-order valence-corrected chi connectivity index (χ3v) is 4.81. The largest absolute Gasteiger partial charge is 0.361 e. The summed E-state index contributed by atoms with van der Waals surface area (Å²) < 4.78 is 5.28. The Bertz CT molecular complexity index is 395. The smallest absolute Gasteiger partial charge is 0.138 e. The van der Waals surface area contributed by atoms with Gasteiger partial charge in [-0.2, -0.15) is 0 Å². The molecule has 3 rings (SSSR count). The van der Waals surface area contributed by atoms with E-state index in [1.165, 1.54) is 31.2 Å². The highest BCUT2D eigenvalue weighted by atomic mass is 16.5. The molecular weight excluding hydrogens is 226 g/mol. The summed E-state index contributed by atoms with van der Waals surface area (Å²) in [5.74, 6) is 0.989. The summed E-state index contributed by atoms with van der Waals surface area (Å²) in [6.07, 6.45) is 5.28. The van der Waals surface area contributed by atoms with Crippen molar-refractivity contribution in [3.63, 3.8) is 0 Å². The molecule has 0 saturated carbocycles. The number of hydrogen-bond donors (Lipinski definition) is 1. The number of piperidine rings is 1. The molecule has 1 aromatic heterocycles. The Morgan fingerprint density at radius 3 is 2.44 bits per heavy atom. The van der Waals surface area contributed by atoms with Gasteiger partial charge in [-0.25, -0.2) is 0 Å². The summed E-state index contributed by atoms with van der Waals surface area (Å²) >= 11 is 0. The Morgan fingerprint density at radius 2 is 1.94 bits per heavy atom. The molecule has 2 aliphatic rings. The zero-order valence-corrected chi connectivity index (χ0v) is 11.6. The lowest BCUT2D eigenvalue weighted by Gasteiger charge is -2.38. The van der Waals surface area contributed by atoms with Crippen molar-refractivity contribution in [3.05, 3.63) is 17.0 Å². The van der Waals surface area contributed by atoms with Crippen molar-refractivity contribution in [2.75, 3.05) is 7.05 Å². The van der Waals surface area contributed by atoms with Gasteiger partial charge >= 0.3 is 0 Å². The Balaban J connectivity index is 1.75. The number of rotatable bonds is 3. The van der Waals surface area contributed by atoms with Crippen LogP contribution in [0.25, 0.3) is 0 Å². The van der Waals surface area contributed by atoms with E-state index >= 15 is 0 Å². The minimum Gasteiger partial charge on any atom is -0.361 e. The van der Waals surface area contributed by atoms with E-state index in [1.807, 2.05) is 13.8 Å². The first-order chi connectivity index (χ1) is 8.69. The fraction of sp³-hybridized carbons (Fsp3) is 0.786. The number of nitrogens with zero attached hydrogens (tertiary/aromatic N) is 2. The molecule has 0 radical (unpaired) electrons. The fourth-order valence-corrected chi connectivity index (χ4v) is 3.68. The van der Waals surface area contributed by atoms with Gasteiger partial charge in [0.1, 0.15) is 5.76 Å². The number of nitrogens with one attached hydrogen (secondary N) is 1. The predicted molar refractivity (Wildman–Crippen MR) is 70.4 cm³/mol. The van der Waals surface area contributed by atoms with Crippen molar-refractivity contribution in [1.29, 1.82) is 0 Å². The lowest BCUT2D eigenvalue weighted by Crippen LogP contribution is -2.47. The van der Waals surface area contributed by atoms with Crippen molar-refractivity contribution < 1.29 is 4.52 Å². The van der Waals surface area contributed by atoms with Crippen LogP contribution in [0.3, 0.4) is 0 Å². The van der Waals surface area contributed by atoms with Gasteiger partial charge in [0, 0.05) is 30.2 Å². The van der Waals surface area contributed by atoms with Crippen LogP contribution in [0.1, 0.15) is 42.7 Å². The van der Waals surface area contributed by atoms with Crippen LogP contribution >= 0.6 is 0 Å². The van der Waals surface area contributed by atoms with E-state index in [0.717, 1.165) is 30.1 Å². The SMILES string of the molecule is CNC1CC2CCC(C1)N2Cc1c(C)noc1C. The second kappa shape index (κ2) is 4.67. The average molecular weight is 249 g/mol. The highest BCUT2D eigenvalue weighted by molar-refractivity contribution is 5.21. The topological polar surface area (TPSA) is 41.3 Å². The van der Waals surface area contributed by atoms with Crippen molar-refractivity contribution >= 4 is 0 Å². The van der Waals surface area contributed by atoms with Crippen LogP contribution in [-0.4, -0.2) is 35.2 Å². The van der Waals surface area contributed by atoms with Crippen LogP contribution in [-0.2, 0) is 6.54 Å². The van der Waals surface area contributed by atoms with E-state index in [0.29, 0.717) is 6.04 Å². The van der Waals surface area contributed by atoms with Crippen LogP contribution in [0.15, 0.2) is 4.52 Å². The van der Waals surface area contributed by atoms with E-state index in [1.54, 1.807) is 0 Å². The van der Waals surface area contributed by atoms with Gasteiger partial charge in [0.2, 0.25) is 0 Å². The molecule has 0 aromatic carbocycles. The first kappa shape index (κ1) is 12.2. The molecule has 1 N–H and O–H groups in total. The highest BCUT2D eigenvalue weighted by Crippen LogP contribution is 2.37. The van der Waals surface area contributed by atoms with Gasteiger partial charge in [0.25, 0.3) is 0 Å². The van der Waals surface area contributed by atoms with Crippen molar-refractivity contribution in [2.45, 2.75) is 64.2 Å². The molecule has 2 saturated heterocycles. The molecule has 18 heavy (non-hydrogen) atoms. The molecule has 2 unspecified atom stereocenters. The van der Waals surface area contributed by atoms with Crippen LogP contribution < -0.4 is 5.32 Å². The summed E-state index contributed by atoms with van der Waals surface area (Å²) in [7, 11) is 2.09. The third-order valence-electron chi connectivity index (χ3n) is 4.81. The number of hydrogen-bond acceptors (Lipinski definition) is 4. The monoisotopic (exact) mass is 249 g/mol. The minimum absolute atomic E-state index is 0.711. The Kier molecular flexibility index (Phi) is 3.16. The summed E-state index contributed by atoms with van der Waals surface area (Å²) in [6.45, 7) is 5.10. The highest BCUT2D eigenvalue weighted by Gasteiger charge is 2.40. The summed E-state index contributed by atoms with van der Waals surface area (Å²) in [4.78, 5) is 2.68.